The zero-order chi connectivity index (χ0) is 17.0. The first-order valence-electron chi connectivity index (χ1n) is 6.68. The molecule has 23 heavy (non-hydrogen) atoms. The maximum atomic E-state index is 12.3. The predicted octanol–water partition coefficient (Wildman–Crippen LogP) is 2.51. The van der Waals surface area contributed by atoms with Crippen molar-refractivity contribution >= 4 is 29.0 Å². The van der Waals surface area contributed by atoms with Gasteiger partial charge in [-0.3, -0.25) is 19.7 Å². The van der Waals surface area contributed by atoms with Gasteiger partial charge in [0.15, 0.2) is 0 Å². The van der Waals surface area contributed by atoms with E-state index in [0.717, 1.165) is 0 Å². The van der Waals surface area contributed by atoms with Crippen molar-refractivity contribution in [2.45, 2.75) is 13.8 Å². The molecule has 8 nitrogen and oxygen atoms in total. The number of rotatable bonds is 4. The van der Waals surface area contributed by atoms with Gasteiger partial charge in [-0.15, -0.1) is 0 Å². The molecule has 0 radical (unpaired) electrons. The van der Waals surface area contributed by atoms with Crippen LogP contribution in [0.25, 0.3) is 0 Å². The highest BCUT2D eigenvalue weighted by atomic mass is 16.6. The number of aromatic nitrogens is 1. The number of pyridine rings is 1. The number of nitrogens with zero attached hydrogens (tertiary/aromatic N) is 2. The van der Waals surface area contributed by atoms with Gasteiger partial charge in [0.2, 0.25) is 5.91 Å². The van der Waals surface area contributed by atoms with Gasteiger partial charge in [0.05, 0.1) is 16.2 Å². The molecule has 1 aromatic carbocycles. The van der Waals surface area contributed by atoms with Gasteiger partial charge < -0.3 is 10.6 Å². The summed E-state index contributed by atoms with van der Waals surface area (Å²) in [6.45, 7) is 2.77. The van der Waals surface area contributed by atoms with Gasteiger partial charge in [-0.25, -0.2) is 4.98 Å². The Balaban J connectivity index is 2.41. The number of carbonyl (C=O) groups is 2. The van der Waals surface area contributed by atoms with Crippen molar-refractivity contribution in [3.63, 3.8) is 0 Å². The average molecular weight is 314 g/mol. The Bertz CT molecular complexity index is 775. The van der Waals surface area contributed by atoms with E-state index >= 15 is 0 Å². The molecule has 8 heteroatoms. The zero-order valence-corrected chi connectivity index (χ0v) is 12.5. The maximum absolute atomic E-state index is 12.3. The summed E-state index contributed by atoms with van der Waals surface area (Å²) in [5, 5.41) is 16.3. The van der Waals surface area contributed by atoms with Crippen LogP contribution in [0.2, 0.25) is 0 Å². The van der Waals surface area contributed by atoms with Crippen molar-refractivity contribution in [2.75, 3.05) is 10.6 Å². The fourth-order valence-corrected chi connectivity index (χ4v) is 2.06. The minimum atomic E-state index is -0.645. The van der Waals surface area contributed by atoms with Crippen LogP contribution >= 0.6 is 0 Å². The fourth-order valence-electron chi connectivity index (χ4n) is 2.06. The molecule has 0 aliphatic rings. The van der Waals surface area contributed by atoms with Gasteiger partial charge in [0, 0.05) is 13.1 Å². The van der Waals surface area contributed by atoms with Crippen molar-refractivity contribution in [1.82, 2.24) is 4.98 Å². The van der Waals surface area contributed by atoms with Crippen LogP contribution in [0.3, 0.4) is 0 Å². The van der Waals surface area contributed by atoms with Crippen LogP contribution in [-0.4, -0.2) is 21.7 Å². The summed E-state index contributed by atoms with van der Waals surface area (Å²) >= 11 is 0. The molecule has 2 aromatic rings. The molecule has 0 aliphatic carbocycles. The summed E-state index contributed by atoms with van der Waals surface area (Å²) in [7, 11) is 0. The molecule has 2 rings (SSSR count). The van der Waals surface area contributed by atoms with E-state index in [1.165, 1.54) is 32.2 Å². The van der Waals surface area contributed by atoms with Crippen molar-refractivity contribution < 1.29 is 14.5 Å². The topological polar surface area (TPSA) is 114 Å². The molecular weight excluding hydrogens is 300 g/mol. The van der Waals surface area contributed by atoms with Gasteiger partial charge >= 0.3 is 0 Å². The molecule has 0 fully saturated rings. The van der Waals surface area contributed by atoms with E-state index in [1.54, 1.807) is 18.2 Å². The summed E-state index contributed by atoms with van der Waals surface area (Å²) < 4.78 is 0. The Morgan fingerprint density at radius 2 is 1.91 bits per heavy atom. The second kappa shape index (κ2) is 6.65. The first-order valence-corrected chi connectivity index (χ1v) is 6.68. The lowest BCUT2D eigenvalue weighted by Gasteiger charge is -2.10. The van der Waals surface area contributed by atoms with Gasteiger partial charge in [-0.05, 0) is 31.2 Å². The number of hydrogen-bond donors (Lipinski definition) is 2. The second-order valence-corrected chi connectivity index (χ2v) is 4.74. The first kappa shape index (κ1) is 16.1. The number of nitrogens with one attached hydrogen (secondary N) is 2. The van der Waals surface area contributed by atoms with Crippen molar-refractivity contribution in [3.05, 3.63) is 57.8 Å². The first-order chi connectivity index (χ1) is 10.9. The Labute approximate surface area is 131 Å². The summed E-state index contributed by atoms with van der Waals surface area (Å²) in [6, 6.07) is 7.70. The summed E-state index contributed by atoms with van der Waals surface area (Å²) in [6.07, 6.45) is 1.50. The monoisotopic (exact) mass is 314 g/mol. The number of anilines is 2. The Morgan fingerprint density at radius 1 is 1.17 bits per heavy atom. The lowest BCUT2D eigenvalue weighted by Crippen LogP contribution is -2.16. The summed E-state index contributed by atoms with van der Waals surface area (Å²) in [5.74, 6) is -0.712. The van der Waals surface area contributed by atoms with E-state index in [2.05, 4.69) is 15.6 Å². The van der Waals surface area contributed by atoms with E-state index in [0.29, 0.717) is 5.69 Å². The predicted molar refractivity (Wildman–Crippen MR) is 84.3 cm³/mol. The SMILES string of the molecule is CC(=O)Nc1ccc(C(=O)Nc2ccccn2)c([N+](=O)[O-])c1C. The molecule has 0 saturated carbocycles. The van der Waals surface area contributed by atoms with E-state index in [4.69, 9.17) is 0 Å². The van der Waals surface area contributed by atoms with Crippen LogP contribution in [0.5, 0.6) is 0 Å². The number of benzene rings is 1. The minimum absolute atomic E-state index is 0.104. The molecule has 0 atom stereocenters. The normalized spacial score (nSPS) is 10.0. The van der Waals surface area contributed by atoms with E-state index in [-0.39, 0.29) is 28.5 Å². The van der Waals surface area contributed by atoms with Gasteiger partial charge in [0.25, 0.3) is 11.6 Å². The molecule has 0 spiro atoms. The van der Waals surface area contributed by atoms with Crippen LogP contribution in [0.1, 0.15) is 22.8 Å². The van der Waals surface area contributed by atoms with Crippen LogP contribution in [0.15, 0.2) is 36.5 Å². The molecule has 1 heterocycles. The van der Waals surface area contributed by atoms with Crippen LogP contribution in [0.4, 0.5) is 17.2 Å². The quantitative estimate of drug-likeness (QED) is 0.664. The van der Waals surface area contributed by atoms with E-state index < -0.39 is 10.8 Å². The third kappa shape index (κ3) is 3.67. The molecule has 0 unspecified atom stereocenters. The van der Waals surface area contributed by atoms with Gasteiger partial charge in [0.1, 0.15) is 11.4 Å². The minimum Gasteiger partial charge on any atom is -0.326 e. The zero-order valence-electron chi connectivity index (χ0n) is 12.5. The highest BCUT2D eigenvalue weighted by Crippen LogP contribution is 2.30. The molecule has 0 aliphatic heterocycles. The number of amides is 2. The van der Waals surface area contributed by atoms with Crippen LogP contribution < -0.4 is 10.6 Å². The number of nitro groups is 1. The highest BCUT2D eigenvalue weighted by Gasteiger charge is 2.25. The van der Waals surface area contributed by atoms with E-state index in [9.17, 15) is 19.7 Å². The second-order valence-electron chi connectivity index (χ2n) is 4.74. The number of nitro benzene ring substituents is 1. The Hall–Kier alpha value is -3.29. The Morgan fingerprint density at radius 3 is 2.48 bits per heavy atom. The molecular formula is C15H14N4O4. The largest absolute Gasteiger partial charge is 0.326 e. The molecule has 2 amide bonds. The van der Waals surface area contributed by atoms with E-state index in [1.807, 2.05) is 0 Å². The van der Waals surface area contributed by atoms with Crippen LogP contribution in [0, 0.1) is 17.0 Å². The van der Waals surface area contributed by atoms with Crippen LogP contribution in [-0.2, 0) is 4.79 Å². The van der Waals surface area contributed by atoms with Crippen molar-refractivity contribution in [1.29, 1.82) is 0 Å². The molecule has 0 bridgehead atoms. The molecule has 1 aromatic heterocycles. The van der Waals surface area contributed by atoms with Gasteiger partial charge in [-0.2, -0.15) is 0 Å². The standard InChI is InChI=1S/C15H14N4O4/c1-9-12(17-10(2)20)7-6-11(14(9)19(22)23)15(21)18-13-5-3-4-8-16-13/h3-8H,1-2H3,(H,17,20)(H,16,18,21). The van der Waals surface area contributed by atoms with Gasteiger partial charge in [-0.1, -0.05) is 6.07 Å². The lowest BCUT2D eigenvalue weighted by molar-refractivity contribution is -0.385. The Kier molecular flexibility index (Phi) is 4.65. The van der Waals surface area contributed by atoms with Crippen molar-refractivity contribution in [2.24, 2.45) is 0 Å². The third-order valence-corrected chi connectivity index (χ3v) is 3.08. The molecule has 0 saturated heterocycles. The lowest BCUT2D eigenvalue weighted by atomic mass is 10.1. The number of hydrogen-bond acceptors (Lipinski definition) is 5. The van der Waals surface area contributed by atoms with Crippen molar-refractivity contribution in [3.8, 4) is 0 Å². The smallest absolute Gasteiger partial charge is 0.287 e. The summed E-state index contributed by atoms with van der Waals surface area (Å²) in [4.78, 5) is 38.0. The fraction of sp³-hybridized carbons (Fsp3) is 0.133. The maximum Gasteiger partial charge on any atom is 0.287 e. The molecule has 2 N–H and O–H groups in total. The average Bonchev–Trinajstić information content (AvgIpc) is 2.49. The molecule has 118 valence electrons. The number of carbonyl (C=O) groups excluding carboxylic acids is 2. The highest BCUT2D eigenvalue weighted by molar-refractivity contribution is 6.07. The summed E-state index contributed by atoms with van der Waals surface area (Å²) in [5.41, 5.74) is 0.0365. The third-order valence-electron chi connectivity index (χ3n) is 3.08.